The molecule has 1 aromatic carbocycles. The van der Waals surface area contributed by atoms with Gasteiger partial charge >= 0.3 is 0 Å². The number of piperazine rings is 1. The van der Waals surface area contributed by atoms with Crippen LogP contribution in [-0.2, 0) is 11.3 Å². The van der Waals surface area contributed by atoms with Gasteiger partial charge in [0.25, 0.3) is 0 Å². The van der Waals surface area contributed by atoms with Crippen LogP contribution in [0, 0.1) is 5.92 Å². The third-order valence-electron chi connectivity index (χ3n) is 5.75. The van der Waals surface area contributed by atoms with E-state index in [1.807, 2.05) is 6.92 Å². The second-order valence-corrected chi connectivity index (χ2v) is 7.57. The molecule has 2 fully saturated rings. The lowest BCUT2D eigenvalue weighted by Gasteiger charge is -2.32. The molecule has 0 atom stereocenters. The predicted molar refractivity (Wildman–Crippen MR) is 99.8 cm³/mol. The average Bonchev–Trinajstić information content (AvgIpc) is 3.16. The van der Waals surface area contributed by atoms with Crippen LogP contribution < -0.4 is 9.64 Å². The highest BCUT2D eigenvalue weighted by Gasteiger charge is 2.24. The minimum atomic E-state index is 0.381. The van der Waals surface area contributed by atoms with Crippen LogP contribution in [0.4, 0.5) is 0 Å². The van der Waals surface area contributed by atoms with Crippen LogP contribution in [-0.4, -0.2) is 43.6 Å². The molecule has 0 radical (unpaired) electrons. The molecule has 1 aliphatic carbocycles. The van der Waals surface area contributed by atoms with Gasteiger partial charge in [-0.2, -0.15) is 0 Å². The number of nitrogens with zero attached hydrogens (tertiary/aromatic N) is 1. The minimum Gasteiger partial charge on any atom is -0.494 e. The maximum Gasteiger partial charge on any atom is 0.222 e. The first-order valence-corrected chi connectivity index (χ1v) is 10.1. The molecule has 1 aliphatic heterocycles. The summed E-state index contributed by atoms with van der Waals surface area (Å²) in [5.74, 6) is 2.14. The van der Waals surface area contributed by atoms with E-state index in [1.165, 1.54) is 31.2 Å². The molecule has 4 heteroatoms. The topological polar surface area (TPSA) is 34.0 Å². The summed E-state index contributed by atoms with van der Waals surface area (Å²) in [6.07, 6.45) is 7.29. The Labute approximate surface area is 152 Å². The number of quaternary nitrogens is 1. The van der Waals surface area contributed by atoms with Crippen molar-refractivity contribution >= 4 is 5.91 Å². The van der Waals surface area contributed by atoms with Crippen molar-refractivity contribution in [3.63, 3.8) is 0 Å². The van der Waals surface area contributed by atoms with Crippen molar-refractivity contribution in [3.05, 3.63) is 29.8 Å². The molecule has 0 spiro atoms. The van der Waals surface area contributed by atoms with Crippen LogP contribution in [0.1, 0.15) is 51.0 Å². The Morgan fingerprint density at radius 1 is 1.16 bits per heavy atom. The lowest BCUT2D eigenvalue weighted by Crippen LogP contribution is -3.13. The summed E-state index contributed by atoms with van der Waals surface area (Å²) in [4.78, 5) is 16.1. The van der Waals surface area contributed by atoms with Crippen LogP contribution in [0.2, 0.25) is 0 Å². The lowest BCUT2D eigenvalue weighted by molar-refractivity contribution is -0.917. The van der Waals surface area contributed by atoms with Gasteiger partial charge in [0.05, 0.1) is 32.8 Å². The number of ether oxygens (including phenoxy) is 1. The third kappa shape index (κ3) is 5.46. The molecular weight excluding hydrogens is 312 g/mol. The molecule has 4 nitrogen and oxygen atoms in total. The van der Waals surface area contributed by atoms with Crippen LogP contribution in [0.25, 0.3) is 0 Å². The van der Waals surface area contributed by atoms with Gasteiger partial charge < -0.3 is 14.5 Å². The number of rotatable bonds is 7. The Bertz CT molecular complexity index is 529. The lowest BCUT2D eigenvalue weighted by atomic mass is 10.0. The first kappa shape index (κ1) is 18.2. The second kappa shape index (κ2) is 9.23. The number of hydrogen-bond acceptors (Lipinski definition) is 2. The van der Waals surface area contributed by atoms with Gasteiger partial charge in [0.15, 0.2) is 0 Å². The molecule has 1 saturated carbocycles. The number of carbonyl (C=O) groups is 1. The van der Waals surface area contributed by atoms with Crippen LogP contribution in [0.5, 0.6) is 5.75 Å². The molecule has 138 valence electrons. The largest absolute Gasteiger partial charge is 0.494 e. The number of benzene rings is 1. The monoisotopic (exact) mass is 345 g/mol. The molecule has 2 aliphatic rings. The summed E-state index contributed by atoms with van der Waals surface area (Å²) < 4.78 is 5.50. The van der Waals surface area contributed by atoms with Crippen molar-refractivity contribution in [1.82, 2.24) is 4.90 Å². The first-order chi connectivity index (χ1) is 12.2. The van der Waals surface area contributed by atoms with E-state index in [0.29, 0.717) is 12.5 Å². The maximum absolute atomic E-state index is 12.4. The summed E-state index contributed by atoms with van der Waals surface area (Å²) in [5, 5.41) is 0. The molecule has 0 unspecified atom stereocenters. The molecule has 1 saturated heterocycles. The van der Waals surface area contributed by atoms with Crippen molar-refractivity contribution in [1.29, 1.82) is 0 Å². The number of amides is 1. The molecule has 1 N–H and O–H groups in total. The van der Waals surface area contributed by atoms with E-state index in [0.717, 1.165) is 57.2 Å². The smallest absolute Gasteiger partial charge is 0.222 e. The summed E-state index contributed by atoms with van der Waals surface area (Å²) in [6, 6.07) is 8.44. The van der Waals surface area contributed by atoms with Gasteiger partial charge in [-0.05, 0) is 43.5 Å². The highest BCUT2D eigenvalue weighted by atomic mass is 16.5. The highest BCUT2D eigenvalue weighted by molar-refractivity contribution is 5.76. The van der Waals surface area contributed by atoms with E-state index in [2.05, 4.69) is 29.2 Å². The fraction of sp³-hybridized carbons (Fsp3) is 0.667. The Morgan fingerprint density at radius 3 is 2.48 bits per heavy atom. The normalized spacial score (nSPS) is 19.3. The van der Waals surface area contributed by atoms with E-state index in [9.17, 15) is 4.79 Å². The molecule has 0 bridgehead atoms. The molecule has 25 heavy (non-hydrogen) atoms. The van der Waals surface area contributed by atoms with Gasteiger partial charge in [-0.1, -0.05) is 25.7 Å². The summed E-state index contributed by atoms with van der Waals surface area (Å²) in [7, 11) is 0. The van der Waals surface area contributed by atoms with Crippen molar-refractivity contribution in [2.45, 2.75) is 52.0 Å². The summed E-state index contributed by atoms with van der Waals surface area (Å²) >= 11 is 0. The molecular formula is C21H33N2O2+. The quantitative estimate of drug-likeness (QED) is 0.823. The van der Waals surface area contributed by atoms with Crippen LogP contribution in [0.15, 0.2) is 24.3 Å². The minimum absolute atomic E-state index is 0.381. The molecule has 1 heterocycles. The molecule has 1 aromatic rings. The number of carbonyl (C=O) groups excluding carboxylic acids is 1. The maximum atomic E-state index is 12.4. The van der Waals surface area contributed by atoms with E-state index in [1.54, 1.807) is 4.90 Å². The molecule has 0 aromatic heterocycles. The second-order valence-electron chi connectivity index (χ2n) is 7.57. The number of hydrogen-bond donors (Lipinski definition) is 1. The zero-order chi connectivity index (χ0) is 17.5. The average molecular weight is 346 g/mol. The van der Waals surface area contributed by atoms with Gasteiger partial charge in [-0.25, -0.2) is 0 Å². The zero-order valence-corrected chi connectivity index (χ0v) is 15.6. The highest BCUT2D eigenvalue weighted by Crippen LogP contribution is 2.28. The summed E-state index contributed by atoms with van der Waals surface area (Å²) in [6.45, 7) is 7.70. The van der Waals surface area contributed by atoms with E-state index < -0.39 is 0 Å². The Balaban J connectivity index is 1.38. The van der Waals surface area contributed by atoms with Crippen molar-refractivity contribution in [2.24, 2.45) is 5.92 Å². The molecule has 3 rings (SSSR count). The van der Waals surface area contributed by atoms with Gasteiger partial charge in [0, 0.05) is 12.0 Å². The molecule has 1 amide bonds. The summed E-state index contributed by atoms with van der Waals surface area (Å²) in [5.41, 5.74) is 1.35. The Hall–Kier alpha value is -1.55. The number of nitrogens with one attached hydrogen (secondary N) is 1. The van der Waals surface area contributed by atoms with E-state index in [-0.39, 0.29) is 0 Å². The van der Waals surface area contributed by atoms with Crippen molar-refractivity contribution in [2.75, 3.05) is 32.8 Å². The van der Waals surface area contributed by atoms with Crippen LogP contribution in [0.3, 0.4) is 0 Å². The first-order valence-electron chi connectivity index (χ1n) is 10.1. The third-order valence-corrected chi connectivity index (χ3v) is 5.75. The van der Waals surface area contributed by atoms with Crippen molar-refractivity contribution < 1.29 is 14.4 Å². The predicted octanol–water partition coefficient (Wildman–Crippen LogP) is 2.28. The van der Waals surface area contributed by atoms with Gasteiger partial charge in [0.1, 0.15) is 12.3 Å². The Morgan fingerprint density at radius 2 is 1.84 bits per heavy atom. The van der Waals surface area contributed by atoms with Gasteiger partial charge in [-0.3, -0.25) is 4.79 Å². The van der Waals surface area contributed by atoms with Gasteiger partial charge in [0.2, 0.25) is 5.91 Å². The SMILES string of the molecule is CCOc1ccc(C[NH+]2CCN(C(=O)CCC3CCCC3)CC2)cc1. The fourth-order valence-electron chi connectivity index (χ4n) is 4.19. The van der Waals surface area contributed by atoms with Crippen LogP contribution >= 0.6 is 0 Å². The van der Waals surface area contributed by atoms with Gasteiger partial charge in [-0.15, -0.1) is 0 Å². The van der Waals surface area contributed by atoms with E-state index in [4.69, 9.17) is 4.74 Å². The van der Waals surface area contributed by atoms with Crippen molar-refractivity contribution in [3.8, 4) is 5.75 Å². The standard InChI is InChI=1S/C21H32N2O2/c1-2-25-20-10-7-19(8-11-20)17-22-13-15-23(16-14-22)21(24)12-9-18-5-3-4-6-18/h7-8,10-11,18H,2-6,9,12-17H2,1H3/p+1. The Kier molecular flexibility index (Phi) is 6.74. The fourth-order valence-corrected chi connectivity index (χ4v) is 4.19. The zero-order valence-electron chi connectivity index (χ0n) is 15.6. The van der Waals surface area contributed by atoms with E-state index >= 15 is 0 Å².